The lowest BCUT2D eigenvalue weighted by Gasteiger charge is -2.30. The first kappa shape index (κ1) is 11.7. The van der Waals surface area contributed by atoms with Crippen LogP contribution in [0.2, 0.25) is 0 Å². The number of benzene rings is 1. The maximum Gasteiger partial charge on any atom is 0.128 e. The lowest BCUT2D eigenvalue weighted by Crippen LogP contribution is -2.30. The van der Waals surface area contributed by atoms with Crippen LogP contribution in [0.25, 0.3) is 0 Å². The molecule has 3 heteroatoms. The van der Waals surface area contributed by atoms with Crippen LogP contribution in [0, 0.1) is 0 Å². The van der Waals surface area contributed by atoms with Gasteiger partial charge in [0.15, 0.2) is 0 Å². The molecule has 0 bridgehead atoms. The monoisotopic (exact) mass is 243 g/mol. The van der Waals surface area contributed by atoms with Gasteiger partial charge < -0.3 is 10.2 Å². The Hall–Kier alpha value is -1.35. The van der Waals surface area contributed by atoms with Crippen LogP contribution in [-0.2, 0) is 0 Å². The van der Waals surface area contributed by atoms with E-state index in [4.69, 9.17) is 0 Å². The SMILES string of the molecule is CN1CCCC(c2ccc(C3=NCCN3)cc2)C1. The first-order chi connectivity index (χ1) is 8.83. The van der Waals surface area contributed by atoms with Crippen molar-refractivity contribution in [2.45, 2.75) is 18.8 Å². The van der Waals surface area contributed by atoms with E-state index in [1.807, 2.05) is 0 Å². The standard InChI is InChI=1S/C15H21N3/c1-18-10-2-3-14(11-18)12-4-6-13(7-5-12)15-16-8-9-17-15/h4-7,14H,2-3,8-11H2,1H3,(H,16,17). The second-order valence-electron chi connectivity index (χ2n) is 5.38. The van der Waals surface area contributed by atoms with Crippen molar-refractivity contribution in [3.8, 4) is 0 Å². The largest absolute Gasteiger partial charge is 0.368 e. The molecule has 1 fully saturated rings. The number of likely N-dealkylation sites (tertiary alicyclic amines) is 1. The Morgan fingerprint density at radius 2 is 2.11 bits per heavy atom. The molecule has 0 spiro atoms. The Kier molecular flexibility index (Phi) is 3.33. The van der Waals surface area contributed by atoms with Gasteiger partial charge in [0.05, 0.1) is 6.54 Å². The third kappa shape index (κ3) is 2.41. The summed E-state index contributed by atoms with van der Waals surface area (Å²) in [6.07, 6.45) is 2.64. The van der Waals surface area contributed by atoms with Crippen LogP contribution in [0.4, 0.5) is 0 Å². The molecule has 1 aromatic carbocycles. The van der Waals surface area contributed by atoms with Gasteiger partial charge in [0.25, 0.3) is 0 Å². The summed E-state index contributed by atoms with van der Waals surface area (Å²) in [6, 6.07) is 8.98. The van der Waals surface area contributed by atoms with E-state index >= 15 is 0 Å². The molecule has 0 amide bonds. The maximum atomic E-state index is 4.46. The summed E-state index contributed by atoms with van der Waals surface area (Å²) in [6.45, 7) is 4.32. The first-order valence-electron chi connectivity index (χ1n) is 6.90. The van der Waals surface area contributed by atoms with Gasteiger partial charge in [-0.05, 0) is 37.9 Å². The molecule has 96 valence electrons. The van der Waals surface area contributed by atoms with E-state index in [1.54, 1.807) is 0 Å². The van der Waals surface area contributed by atoms with Crippen molar-refractivity contribution in [1.29, 1.82) is 0 Å². The summed E-state index contributed by atoms with van der Waals surface area (Å²) in [5.41, 5.74) is 2.70. The van der Waals surface area contributed by atoms with Crippen molar-refractivity contribution in [2.75, 3.05) is 33.2 Å². The number of nitrogens with one attached hydrogen (secondary N) is 1. The summed E-state index contributed by atoms with van der Waals surface area (Å²) < 4.78 is 0. The van der Waals surface area contributed by atoms with Crippen LogP contribution >= 0.6 is 0 Å². The second kappa shape index (κ2) is 5.11. The molecule has 2 aliphatic heterocycles. The zero-order valence-corrected chi connectivity index (χ0v) is 11.0. The smallest absolute Gasteiger partial charge is 0.128 e. The highest BCUT2D eigenvalue weighted by Gasteiger charge is 2.19. The third-order valence-corrected chi connectivity index (χ3v) is 3.95. The molecule has 0 radical (unpaired) electrons. The minimum absolute atomic E-state index is 0.705. The number of piperidine rings is 1. The average molecular weight is 243 g/mol. The molecule has 3 nitrogen and oxygen atoms in total. The Labute approximate surface area is 109 Å². The molecule has 2 aliphatic rings. The molecule has 3 rings (SSSR count). The number of rotatable bonds is 2. The molecule has 1 saturated heterocycles. The quantitative estimate of drug-likeness (QED) is 0.858. The topological polar surface area (TPSA) is 27.6 Å². The van der Waals surface area contributed by atoms with Crippen LogP contribution in [0.5, 0.6) is 0 Å². The van der Waals surface area contributed by atoms with Crippen molar-refractivity contribution in [3.63, 3.8) is 0 Å². The Morgan fingerprint density at radius 1 is 1.28 bits per heavy atom. The lowest BCUT2D eigenvalue weighted by molar-refractivity contribution is 0.251. The van der Waals surface area contributed by atoms with E-state index in [9.17, 15) is 0 Å². The average Bonchev–Trinajstić information content (AvgIpc) is 2.93. The Bertz CT molecular complexity index is 436. The summed E-state index contributed by atoms with van der Waals surface area (Å²) >= 11 is 0. The molecule has 0 saturated carbocycles. The van der Waals surface area contributed by atoms with Crippen LogP contribution in [0.1, 0.15) is 29.9 Å². The Balaban J connectivity index is 1.74. The predicted molar refractivity (Wildman–Crippen MR) is 75.3 cm³/mol. The van der Waals surface area contributed by atoms with Crippen molar-refractivity contribution in [2.24, 2.45) is 4.99 Å². The zero-order chi connectivity index (χ0) is 12.4. The molecule has 1 unspecified atom stereocenters. The number of aliphatic imine (C=N–C) groups is 1. The summed E-state index contributed by atoms with van der Waals surface area (Å²) in [7, 11) is 2.22. The van der Waals surface area contributed by atoms with Gasteiger partial charge in [-0.2, -0.15) is 0 Å². The first-order valence-corrected chi connectivity index (χ1v) is 6.90. The Morgan fingerprint density at radius 3 is 2.78 bits per heavy atom. The fourth-order valence-electron chi connectivity index (χ4n) is 2.94. The van der Waals surface area contributed by atoms with Gasteiger partial charge in [-0.1, -0.05) is 24.3 Å². The summed E-state index contributed by atoms with van der Waals surface area (Å²) in [4.78, 5) is 6.89. The molecule has 0 aromatic heterocycles. The number of hydrogen-bond donors (Lipinski definition) is 1. The fraction of sp³-hybridized carbons (Fsp3) is 0.533. The van der Waals surface area contributed by atoms with Crippen LogP contribution in [0.15, 0.2) is 29.3 Å². The molecule has 18 heavy (non-hydrogen) atoms. The van der Waals surface area contributed by atoms with Crippen molar-refractivity contribution in [3.05, 3.63) is 35.4 Å². The van der Waals surface area contributed by atoms with Gasteiger partial charge >= 0.3 is 0 Å². The van der Waals surface area contributed by atoms with Crippen molar-refractivity contribution < 1.29 is 0 Å². The van der Waals surface area contributed by atoms with Gasteiger partial charge in [-0.25, -0.2) is 0 Å². The van der Waals surface area contributed by atoms with Crippen LogP contribution < -0.4 is 5.32 Å². The van der Waals surface area contributed by atoms with Gasteiger partial charge in [0, 0.05) is 18.7 Å². The molecule has 1 aromatic rings. The number of nitrogens with zero attached hydrogens (tertiary/aromatic N) is 2. The summed E-state index contributed by atoms with van der Waals surface area (Å²) in [5.74, 6) is 1.76. The molecular weight excluding hydrogens is 222 g/mol. The molecular formula is C15H21N3. The van der Waals surface area contributed by atoms with Crippen molar-refractivity contribution in [1.82, 2.24) is 10.2 Å². The van der Waals surface area contributed by atoms with Gasteiger partial charge in [-0.3, -0.25) is 4.99 Å². The minimum Gasteiger partial charge on any atom is -0.368 e. The number of hydrogen-bond acceptors (Lipinski definition) is 3. The molecule has 0 aliphatic carbocycles. The molecule has 1 atom stereocenters. The number of likely N-dealkylation sites (N-methyl/N-ethyl adjacent to an activating group) is 1. The normalized spacial score (nSPS) is 24.7. The van der Waals surface area contributed by atoms with E-state index in [0.29, 0.717) is 5.92 Å². The predicted octanol–water partition coefficient (Wildman–Crippen LogP) is 1.85. The van der Waals surface area contributed by atoms with Crippen molar-refractivity contribution >= 4 is 5.84 Å². The van der Waals surface area contributed by atoms with E-state index in [-0.39, 0.29) is 0 Å². The fourth-order valence-corrected chi connectivity index (χ4v) is 2.94. The third-order valence-electron chi connectivity index (χ3n) is 3.95. The second-order valence-corrected chi connectivity index (χ2v) is 5.38. The highest BCUT2D eigenvalue weighted by atomic mass is 15.1. The van der Waals surface area contributed by atoms with E-state index in [2.05, 4.69) is 46.5 Å². The van der Waals surface area contributed by atoms with Gasteiger partial charge in [0.1, 0.15) is 5.84 Å². The highest BCUT2D eigenvalue weighted by Crippen LogP contribution is 2.26. The van der Waals surface area contributed by atoms with E-state index in [0.717, 1.165) is 18.9 Å². The van der Waals surface area contributed by atoms with Gasteiger partial charge in [0.2, 0.25) is 0 Å². The van der Waals surface area contributed by atoms with Crippen LogP contribution in [0.3, 0.4) is 0 Å². The van der Waals surface area contributed by atoms with Crippen LogP contribution in [-0.4, -0.2) is 44.0 Å². The maximum absolute atomic E-state index is 4.46. The zero-order valence-electron chi connectivity index (χ0n) is 11.0. The highest BCUT2D eigenvalue weighted by molar-refractivity contribution is 5.99. The molecule has 2 heterocycles. The van der Waals surface area contributed by atoms with E-state index < -0.39 is 0 Å². The lowest BCUT2D eigenvalue weighted by atomic mass is 9.90. The summed E-state index contributed by atoms with van der Waals surface area (Å²) in [5, 5.41) is 3.32. The minimum atomic E-state index is 0.705. The molecule has 1 N–H and O–H groups in total. The van der Waals surface area contributed by atoms with Gasteiger partial charge in [-0.15, -0.1) is 0 Å². The number of amidine groups is 1. The van der Waals surface area contributed by atoms with E-state index in [1.165, 1.54) is 37.1 Å².